The number of aromatic nitrogens is 2. The molecule has 0 spiro atoms. The number of hydrogen-bond donors (Lipinski definition) is 1. The topological polar surface area (TPSA) is 39.6 Å². The molecule has 6 nitrogen and oxygen atoms in total. The Kier molecular flexibility index (Phi) is 6.25. The molecular weight excluding hydrogens is 404 g/mol. The predicted octanol–water partition coefficient (Wildman–Crippen LogP) is 3.47. The van der Waals surface area contributed by atoms with Gasteiger partial charge in [-0.3, -0.25) is 4.98 Å². The summed E-state index contributed by atoms with van der Waals surface area (Å²) < 4.78 is 2.26. The van der Waals surface area contributed by atoms with Crippen LogP contribution in [0.1, 0.15) is 23.5 Å². The van der Waals surface area contributed by atoms with Gasteiger partial charge in [-0.2, -0.15) is 0 Å². The van der Waals surface area contributed by atoms with E-state index in [-0.39, 0.29) is 12.1 Å². The molecule has 1 aliphatic heterocycles. The lowest BCUT2D eigenvalue weighted by Gasteiger charge is -2.30. The summed E-state index contributed by atoms with van der Waals surface area (Å²) in [5, 5.41) is 4.32. The fourth-order valence-electron chi connectivity index (χ4n) is 4.06. The normalized spacial score (nSPS) is 18.5. The van der Waals surface area contributed by atoms with Crippen molar-refractivity contribution in [1.82, 2.24) is 24.7 Å². The molecule has 2 atom stereocenters. The van der Waals surface area contributed by atoms with Gasteiger partial charge in [-0.25, -0.2) is 0 Å². The van der Waals surface area contributed by atoms with E-state index in [2.05, 4.69) is 106 Å². The zero-order valence-electron chi connectivity index (χ0n) is 18.6. The summed E-state index contributed by atoms with van der Waals surface area (Å²) in [6.07, 6.45) is 3.97. The first-order valence-electron chi connectivity index (χ1n) is 10.5. The smallest absolute Gasteiger partial charge is 0.170 e. The van der Waals surface area contributed by atoms with Crippen LogP contribution in [0.3, 0.4) is 0 Å². The van der Waals surface area contributed by atoms with Crippen LogP contribution in [-0.4, -0.2) is 65.7 Å². The molecule has 7 heteroatoms. The van der Waals surface area contributed by atoms with E-state index in [0.717, 1.165) is 29.6 Å². The zero-order valence-corrected chi connectivity index (χ0v) is 19.4. The van der Waals surface area contributed by atoms with Crippen LogP contribution in [0.4, 0.5) is 5.69 Å². The van der Waals surface area contributed by atoms with Crippen molar-refractivity contribution in [2.45, 2.75) is 12.1 Å². The van der Waals surface area contributed by atoms with Gasteiger partial charge in [0, 0.05) is 56.6 Å². The minimum Gasteiger partial charge on any atom is -0.378 e. The third-order valence-corrected chi connectivity index (χ3v) is 6.07. The summed E-state index contributed by atoms with van der Waals surface area (Å²) in [4.78, 5) is 11.2. The Morgan fingerprint density at radius 1 is 1.00 bits per heavy atom. The third kappa shape index (κ3) is 4.43. The number of benzene rings is 1. The number of likely N-dealkylation sites (N-methyl/N-ethyl adjacent to an activating group) is 1. The van der Waals surface area contributed by atoms with Gasteiger partial charge in [-0.1, -0.05) is 6.07 Å². The van der Waals surface area contributed by atoms with Gasteiger partial charge in [0.1, 0.15) is 0 Å². The second-order valence-corrected chi connectivity index (χ2v) is 8.72. The van der Waals surface area contributed by atoms with Crippen LogP contribution in [0.15, 0.2) is 67.0 Å². The van der Waals surface area contributed by atoms with Crippen LogP contribution in [0.2, 0.25) is 0 Å². The van der Waals surface area contributed by atoms with E-state index < -0.39 is 0 Å². The number of hydrogen-bond acceptors (Lipinski definition) is 4. The first-order chi connectivity index (χ1) is 15.0. The zero-order chi connectivity index (χ0) is 22.0. The molecule has 31 heavy (non-hydrogen) atoms. The van der Waals surface area contributed by atoms with E-state index in [1.807, 2.05) is 18.3 Å². The molecule has 1 saturated heterocycles. The Morgan fingerprint density at radius 3 is 2.42 bits per heavy atom. The molecule has 0 saturated carbocycles. The van der Waals surface area contributed by atoms with Crippen LogP contribution in [-0.2, 0) is 0 Å². The van der Waals surface area contributed by atoms with Gasteiger partial charge < -0.3 is 24.6 Å². The first kappa shape index (κ1) is 21.3. The highest BCUT2D eigenvalue weighted by molar-refractivity contribution is 7.80. The second kappa shape index (κ2) is 9.08. The lowest BCUT2D eigenvalue weighted by atomic mass is 10.0. The van der Waals surface area contributed by atoms with Crippen LogP contribution < -0.4 is 10.2 Å². The Hall–Kier alpha value is -2.90. The maximum atomic E-state index is 5.78. The van der Waals surface area contributed by atoms with Crippen molar-refractivity contribution in [2.75, 3.05) is 46.2 Å². The molecule has 1 N–H and O–H groups in total. The molecule has 3 heterocycles. The van der Waals surface area contributed by atoms with Crippen molar-refractivity contribution in [3.8, 4) is 5.69 Å². The van der Waals surface area contributed by atoms with Crippen molar-refractivity contribution >= 4 is 23.0 Å². The molecule has 2 unspecified atom stereocenters. The minimum absolute atomic E-state index is 0.00874. The van der Waals surface area contributed by atoms with Gasteiger partial charge in [0.05, 0.1) is 17.8 Å². The van der Waals surface area contributed by atoms with Crippen LogP contribution in [0.5, 0.6) is 0 Å². The average molecular weight is 435 g/mol. The largest absolute Gasteiger partial charge is 0.378 e. The fraction of sp³-hybridized carbons (Fsp3) is 0.333. The number of rotatable bonds is 7. The van der Waals surface area contributed by atoms with Crippen molar-refractivity contribution in [3.05, 3.63) is 78.4 Å². The summed E-state index contributed by atoms with van der Waals surface area (Å²) in [6, 6.07) is 19.0. The predicted molar refractivity (Wildman–Crippen MR) is 131 cm³/mol. The lowest BCUT2D eigenvalue weighted by molar-refractivity contribution is 0.272. The highest BCUT2D eigenvalue weighted by Crippen LogP contribution is 2.39. The molecule has 1 fully saturated rings. The number of thiocarbonyl (C=S) groups is 1. The molecule has 4 rings (SSSR count). The van der Waals surface area contributed by atoms with E-state index in [1.54, 1.807) is 0 Å². The molecule has 2 aromatic heterocycles. The van der Waals surface area contributed by atoms with E-state index >= 15 is 0 Å². The van der Waals surface area contributed by atoms with E-state index in [4.69, 9.17) is 12.2 Å². The lowest BCUT2D eigenvalue weighted by Crippen LogP contribution is -2.36. The summed E-state index contributed by atoms with van der Waals surface area (Å²) in [5.41, 5.74) is 4.51. The van der Waals surface area contributed by atoms with E-state index in [9.17, 15) is 0 Å². The molecule has 0 amide bonds. The molecule has 0 aliphatic carbocycles. The van der Waals surface area contributed by atoms with Crippen LogP contribution in [0, 0.1) is 0 Å². The first-order valence-corrected chi connectivity index (χ1v) is 10.9. The summed E-state index contributed by atoms with van der Waals surface area (Å²) >= 11 is 5.78. The minimum atomic E-state index is -0.00874. The Bertz CT molecular complexity index is 1010. The third-order valence-electron chi connectivity index (χ3n) is 5.71. The molecule has 0 bridgehead atoms. The quantitative estimate of drug-likeness (QED) is 0.574. The van der Waals surface area contributed by atoms with Crippen molar-refractivity contribution < 1.29 is 0 Å². The maximum absolute atomic E-state index is 5.78. The van der Waals surface area contributed by atoms with E-state index in [0.29, 0.717) is 0 Å². The van der Waals surface area contributed by atoms with Gasteiger partial charge in [-0.05, 0) is 74.8 Å². The molecule has 162 valence electrons. The highest BCUT2D eigenvalue weighted by atomic mass is 32.1. The second-order valence-electron chi connectivity index (χ2n) is 8.34. The van der Waals surface area contributed by atoms with E-state index in [1.165, 1.54) is 11.4 Å². The van der Waals surface area contributed by atoms with Gasteiger partial charge in [0.15, 0.2) is 5.11 Å². The fourth-order valence-corrected chi connectivity index (χ4v) is 4.39. The number of nitrogens with one attached hydrogen (secondary N) is 1. The van der Waals surface area contributed by atoms with Gasteiger partial charge in [0.2, 0.25) is 0 Å². The molecule has 0 radical (unpaired) electrons. The SMILES string of the molecule is CN(C)CCN1C(=S)NC(c2ccccn2)C1c1cccn1-c1ccc(N(C)C)cc1. The van der Waals surface area contributed by atoms with Crippen LogP contribution >= 0.6 is 12.2 Å². The molecule has 1 aromatic carbocycles. The molecular formula is C24H30N6S. The van der Waals surface area contributed by atoms with Gasteiger partial charge >= 0.3 is 0 Å². The maximum Gasteiger partial charge on any atom is 0.170 e. The molecule has 3 aromatic rings. The number of pyridine rings is 1. The monoisotopic (exact) mass is 434 g/mol. The Labute approximate surface area is 190 Å². The van der Waals surface area contributed by atoms with Crippen molar-refractivity contribution in [2.24, 2.45) is 0 Å². The average Bonchev–Trinajstić information content (AvgIpc) is 3.37. The van der Waals surface area contributed by atoms with Crippen molar-refractivity contribution in [3.63, 3.8) is 0 Å². The standard InChI is InChI=1S/C24H30N6S/c1-27(2)16-17-30-23(22(26-24(30)31)20-8-5-6-14-25-20)21-9-7-15-29(21)19-12-10-18(11-13-19)28(3)4/h5-15,22-23H,16-17H2,1-4H3,(H,26,31). The summed E-state index contributed by atoms with van der Waals surface area (Å²) in [7, 11) is 8.29. The van der Waals surface area contributed by atoms with Crippen molar-refractivity contribution in [1.29, 1.82) is 0 Å². The van der Waals surface area contributed by atoms with Gasteiger partial charge in [0.25, 0.3) is 0 Å². The van der Waals surface area contributed by atoms with Crippen LogP contribution in [0.25, 0.3) is 5.69 Å². The Balaban J connectivity index is 1.74. The summed E-state index contributed by atoms with van der Waals surface area (Å²) in [5.74, 6) is 0. The number of anilines is 1. The van der Waals surface area contributed by atoms with Gasteiger partial charge in [-0.15, -0.1) is 0 Å². The summed E-state index contributed by atoms with van der Waals surface area (Å²) in [6.45, 7) is 1.77. The highest BCUT2D eigenvalue weighted by Gasteiger charge is 2.41. The Morgan fingerprint density at radius 2 is 1.77 bits per heavy atom. The number of nitrogens with zero attached hydrogens (tertiary/aromatic N) is 5. The molecule has 1 aliphatic rings.